The minimum absolute atomic E-state index is 0.251. The summed E-state index contributed by atoms with van der Waals surface area (Å²) in [6.45, 7) is 0.844. The number of rotatable bonds is 1. The third-order valence-electron chi connectivity index (χ3n) is 2.60. The summed E-state index contributed by atoms with van der Waals surface area (Å²) in [6.07, 6.45) is 1.35. The van der Waals surface area contributed by atoms with Crippen LogP contribution in [0, 0.1) is 0 Å². The number of hydrogen-bond acceptors (Lipinski definition) is 5. The quantitative estimate of drug-likeness (QED) is 0.786. The van der Waals surface area contributed by atoms with E-state index in [0.717, 1.165) is 0 Å². The Morgan fingerprint density at radius 1 is 1.35 bits per heavy atom. The van der Waals surface area contributed by atoms with Crippen molar-refractivity contribution >= 4 is 10.9 Å². The van der Waals surface area contributed by atoms with Gasteiger partial charge in [-0.3, -0.25) is 4.79 Å². The largest absolute Gasteiger partial charge is 0.493 e. The molecule has 17 heavy (non-hydrogen) atoms. The molecule has 1 aromatic heterocycles. The smallest absolute Gasteiger partial charge is 0.262 e. The molecule has 1 aliphatic rings. The van der Waals surface area contributed by atoms with Crippen LogP contribution >= 0.6 is 0 Å². The van der Waals surface area contributed by atoms with Gasteiger partial charge in [-0.2, -0.15) is 0 Å². The summed E-state index contributed by atoms with van der Waals surface area (Å²) < 4.78 is 16.2. The fourth-order valence-corrected chi connectivity index (χ4v) is 1.87. The normalized spacial score (nSPS) is 13.7. The topological polar surface area (TPSA) is 73.4 Å². The second-order valence-electron chi connectivity index (χ2n) is 3.56. The Hall–Kier alpha value is -2.24. The first-order chi connectivity index (χ1) is 8.31. The number of aromatic amines is 1. The molecule has 0 aliphatic carbocycles. The van der Waals surface area contributed by atoms with E-state index in [1.54, 1.807) is 6.07 Å². The van der Waals surface area contributed by atoms with Gasteiger partial charge in [-0.15, -0.1) is 0 Å². The Morgan fingerprint density at radius 3 is 2.88 bits per heavy atom. The molecule has 6 heteroatoms. The first-order valence-electron chi connectivity index (χ1n) is 5.15. The van der Waals surface area contributed by atoms with Crippen LogP contribution in [-0.2, 0) is 0 Å². The Balaban J connectivity index is 2.44. The summed E-state index contributed by atoms with van der Waals surface area (Å²) in [6, 6.07) is 1.66. The SMILES string of the molecule is COc1cc2nc[nH]c(=O)c2c2c1OCCO2. The molecule has 2 aromatic rings. The van der Waals surface area contributed by atoms with Gasteiger partial charge in [0.1, 0.15) is 18.6 Å². The number of hydrogen-bond donors (Lipinski definition) is 1. The van der Waals surface area contributed by atoms with E-state index >= 15 is 0 Å². The van der Waals surface area contributed by atoms with Crippen LogP contribution in [0.25, 0.3) is 10.9 Å². The molecule has 0 amide bonds. The molecule has 1 N–H and O–H groups in total. The number of ether oxygens (including phenoxy) is 3. The summed E-state index contributed by atoms with van der Waals surface area (Å²) in [5.74, 6) is 1.38. The molecule has 88 valence electrons. The van der Waals surface area contributed by atoms with Crippen LogP contribution in [0.5, 0.6) is 17.2 Å². The van der Waals surface area contributed by atoms with Gasteiger partial charge in [-0.1, -0.05) is 0 Å². The molecule has 0 radical (unpaired) electrons. The summed E-state index contributed by atoms with van der Waals surface area (Å²) in [5, 5.41) is 0.392. The van der Waals surface area contributed by atoms with Gasteiger partial charge in [-0.25, -0.2) is 4.98 Å². The zero-order valence-electron chi connectivity index (χ0n) is 9.15. The maximum Gasteiger partial charge on any atom is 0.262 e. The van der Waals surface area contributed by atoms with E-state index in [0.29, 0.717) is 41.4 Å². The zero-order valence-corrected chi connectivity index (χ0v) is 9.15. The molecule has 0 atom stereocenters. The van der Waals surface area contributed by atoms with Gasteiger partial charge in [0.15, 0.2) is 11.5 Å². The highest BCUT2D eigenvalue weighted by Gasteiger charge is 2.22. The van der Waals surface area contributed by atoms with Crippen molar-refractivity contribution in [3.8, 4) is 17.2 Å². The molecule has 1 aromatic carbocycles. The standard InChI is InChI=1S/C11H10N2O4/c1-15-7-4-6-8(11(14)13-5-12-6)10-9(7)16-2-3-17-10/h4-5H,2-3H2,1H3,(H,12,13,14). The van der Waals surface area contributed by atoms with Crippen molar-refractivity contribution in [3.05, 3.63) is 22.7 Å². The average Bonchev–Trinajstić information content (AvgIpc) is 2.37. The van der Waals surface area contributed by atoms with Gasteiger partial charge in [0.2, 0.25) is 5.75 Å². The van der Waals surface area contributed by atoms with Gasteiger partial charge < -0.3 is 19.2 Å². The summed E-state index contributed by atoms with van der Waals surface area (Å²) >= 11 is 0. The first-order valence-corrected chi connectivity index (χ1v) is 5.15. The third kappa shape index (κ3) is 1.41. The van der Waals surface area contributed by atoms with Crippen LogP contribution in [0.2, 0.25) is 0 Å². The lowest BCUT2D eigenvalue weighted by Gasteiger charge is -2.21. The van der Waals surface area contributed by atoms with Crippen molar-refractivity contribution in [3.63, 3.8) is 0 Å². The predicted molar refractivity (Wildman–Crippen MR) is 59.9 cm³/mol. The molecule has 0 saturated carbocycles. The number of methoxy groups -OCH3 is 1. The van der Waals surface area contributed by atoms with Crippen molar-refractivity contribution in [2.45, 2.75) is 0 Å². The number of nitrogens with one attached hydrogen (secondary N) is 1. The molecule has 0 bridgehead atoms. The molecule has 0 spiro atoms. The highest BCUT2D eigenvalue weighted by Crippen LogP contribution is 2.43. The molecular formula is C11H10N2O4. The van der Waals surface area contributed by atoms with Crippen molar-refractivity contribution in [1.82, 2.24) is 9.97 Å². The average molecular weight is 234 g/mol. The number of benzene rings is 1. The number of fused-ring (bicyclic) bond motifs is 3. The molecule has 2 heterocycles. The van der Waals surface area contributed by atoms with Gasteiger partial charge >= 0.3 is 0 Å². The Morgan fingerprint density at radius 2 is 2.12 bits per heavy atom. The molecule has 3 rings (SSSR count). The maximum absolute atomic E-state index is 11.8. The number of aromatic nitrogens is 2. The van der Waals surface area contributed by atoms with Crippen LogP contribution in [0.1, 0.15) is 0 Å². The monoisotopic (exact) mass is 234 g/mol. The van der Waals surface area contributed by atoms with E-state index in [9.17, 15) is 4.79 Å². The van der Waals surface area contributed by atoms with Crippen molar-refractivity contribution in [2.24, 2.45) is 0 Å². The van der Waals surface area contributed by atoms with E-state index in [-0.39, 0.29) is 5.56 Å². The molecule has 0 saturated heterocycles. The van der Waals surface area contributed by atoms with Crippen LogP contribution in [0.3, 0.4) is 0 Å². The third-order valence-corrected chi connectivity index (χ3v) is 2.60. The van der Waals surface area contributed by atoms with E-state index < -0.39 is 0 Å². The van der Waals surface area contributed by atoms with Crippen LogP contribution in [0.4, 0.5) is 0 Å². The number of nitrogens with zero attached hydrogens (tertiary/aromatic N) is 1. The zero-order chi connectivity index (χ0) is 11.8. The highest BCUT2D eigenvalue weighted by atomic mass is 16.6. The molecule has 0 fully saturated rings. The van der Waals surface area contributed by atoms with Crippen LogP contribution in [-0.4, -0.2) is 30.3 Å². The highest BCUT2D eigenvalue weighted by molar-refractivity contribution is 5.89. The van der Waals surface area contributed by atoms with Crippen LogP contribution in [0.15, 0.2) is 17.2 Å². The Labute approximate surface area is 96.1 Å². The summed E-state index contributed by atoms with van der Waals surface area (Å²) in [4.78, 5) is 18.4. The number of H-pyrrole nitrogens is 1. The van der Waals surface area contributed by atoms with Crippen LogP contribution < -0.4 is 19.8 Å². The van der Waals surface area contributed by atoms with E-state index in [4.69, 9.17) is 14.2 Å². The minimum atomic E-state index is -0.251. The lowest BCUT2D eigenvalue weighted by molar-refractivity contribution is 0.167. The lowest BCUT2D eigenvalue weighted by atomic mass is 10.2. The Bertz CT molecular complexity index is 635. The Kier molecular flexibility index (Phi) is 2.14. The second kappa shape index (κ2) is 3.65. The van der Waals surface area contributed by atoms with Gasteiger partial charge in [0.05, 0.1) is 19.0 Å². The molecule has 1 aliphatic heterocycles. The predicted octanol–water partition coefficient (Wildman–Crippen LogP) is 0.703. The van der Waals surface area contributed by atoms with Gasteiger partial charge in [0, 0.05) is 6.07 Å². The second-order valence-corrected chi connectivity index (χ2v) is 3.56. The molecular weight excluding hydrogens is 224 g/mol. The lowest BCUT2D eigenvalue weighted by Crippen LogP contribution is -2.19. The fraction of sp³-hybridized carbons (Fsp3) is 0.273. The fourth-order valence-electron chi connectivity index (χ4n) is 1.87. The van der Waals surface area contributed by atoms with E-state index in [1.807, 2.05) is 0 Å². The summed E-state index contributed by atoms with van der Waals surface area (Å²) in [5.41, 5.74) is 0.272. The molecule has 6 nitrogen and oxygen atoms in total. The van der Waals surface area contributed by atoms with Crippen molar-refractivity contribution in [1.29, 1.82) is 0 Å². The van der Waals surface area contributed by atoms with Gasteiger partial charge in [0.25, 0.3) is 5.56 Å². The maximum atomic E-state index is 11.8. The van der Waals surface area contributed by atoms with Gasteiger partial charge in [-0.05, 0) is 0 Å². The van der Waals surface area contributed by atoms with E-state index in [2.05, 4.69) is 9.97 Å². The summed E-state index contributed by atoms with van der Waals surface area (Å²) in [7, 11) is 1.53. The van der Waals surface area contributed by atoms with Crippen molar-refractivity contribution in [2.75, 3.05) is 20.3 Å². The first kappa shape index (κ1) is 9.95. The minimum Gasteiger partial charge on any atom is -0.493 e. The molecule has 0 unspecified atom stereocenters. The van der Waals surface area contributed by atoms with E-state index in [1.165, 1.54) is 13.4 Å². The van der Waals surface area contributed by atoms with Crippen molar-refractivity contribution < 1.29 is 14.2 Å².